The van der Waals surface area contributed by atoms with Crippen molar-refractivity contribution < 1.29 is 9.18 Å². The zero-order valence-electron chi connectivity index (χ0n) is 12.0. The van der Waals surface area contributed by atoms with Crippen LogP contribution in [0.5, 0.6) is 0 Å². The minimum atomic E-state index is -0.345. The lowest BCUT2D eigenvalue weighted by molar-refractivity contribution is -0.120. The summed E-state index contributed by atoms with van der Waals surface area (Å²) in [5.41, 5.74) is 0.183. The Kier molecular flexibility index (Phi) is 3.39. The Bertz CT molecular complexity index is 479. The van der Waals surface area contributed by atoms with E-state index in [9.17, 15) is 9.18 Å². The third-order valence-electron chi connectivity index (χ3n) is 3.53. The molecule has 1 saturated heterocycles. The number of carbonyl (C=O) groups is 1. The molecule has 1 aromatic rings. The molecule has 1 aromatic carbocycles. The van der Waals surface area contributed by atoms with E-state index in [2.05, 4.69) is 5.32 Å². The number of rotatable bonds is 1. The molecule has 1 fully saturated rings. The van der Waals surface area contributed by atoms with Crippen LogP contribution in [-0.2, 0) is 4.79 Å². The van der Waals surface area contributed by atoms with E-state index in [-0.39, 0.29) is 22.8 Å². The van der Waals surface area contributed by atoms with Crippen molar-refractivity contribution in [2.45, 2.75) is 45.2 Å². The van der Waals surface area contributed by atoms with Crippen LogP contribution in [-0.4, -0.2) is 23.5 Å². The fourth-order valence-corrected chi connectivity index (χ4v) is 2.48. The number of hydrogen-bond donors (Lipinski definition) is 1. The Hall–Kier alpha value is -1.42. The van der Waals surface area contributed by atoms with Crippen molar-refractivity contribution in [1.29, 1.82) is 0 Å². The van der Waals surface area contributed by atoms with Crippen molar-refractivity contribution in [3.63, 3.8) is 0 Å². The molecule has 1 N–H and O–H groups in total. The zero-order valence-corrected chi connectivity index (χ0v) is 12.0. The molecule has 0 spiro atoms. The highest BCUT2D eigenvalue weighted by atomic mass is 19.1. The van der Waals surface area contributed by atoms with E-state index in [1.165, 1.54) is 12.1 Å². The van der Waals surface area contributed by atoms with E-state index >= 15 is 0 Å². The largest absolute Gasteiger partial charge is 0.309 e. The van der Waals surface area contributed by atoms with Gasteiger partial charge >= 0.3 is 0 Å². The van der Waals surface area contributed by atoms with Gasteiger partial charge in [-0.3, -0.25) is 4.79 Å². The minimum Gasteiger partial charge on any atom is -0.309 e. The lowest BCUT2D eigenvalue weighted by atomic mass is 10.0. The molecule has 104 valence electrons. The number of nitrogens with zero attached hydrogens (tertiary/aromatic N) is 1. The fourth-order valence-electron chi connectivity index (χ4n) is 2.48. The topological polar surface area (TPSA) is 32.3 Å². The van der Waals surface area contributed by atoms with Crippen LogP contribution in [0.25, 0.3) is 0 Å². The molecule has 0 aromatic heterocycles. The molecule has 1 heterocycles. The molecule has 0 bridgehead atoms. The number of nitrogens with one attached hydrogen (secondary N) is 1. The zero-order chi connectivity index (χ0) is 14.3. The maximum atomic E-state index is 13.0. The normalized spacial score (nSPS) is 22.2. The Balaban J connectivity index is 2.40. The first-order valence-electron chi connectivity index (χ1n) is 6.55. The first-order valence-corrected chi connectivity index (χ1v) is 6.55. The molecule has 0 aliphatic carbocycles. The van der Waals surface area contributed by atoms with Gasteiger partial charge in [0.2, 0.25) is 5.91 Å². The highest BCUT2D eigenvalue weighted by molar-refractivity contribution is 5.95. The number of anilines is 1. The number of hydrogen-bond acceptors (Lipinski definition) is 2. The quantitative estimate of drug-likeness (QED) is 0.846. The highest BCUT2D eigenvalue weighted by Crippen LogP contribution is 2.29. The predicted octanol–water partition coefficient (Wildman–Crippen LogP) is 2.71. The van der Waals surface area contributed by atoms with Gasteiger partial charge in [-0.1, -0.05) is 0 Å². The van der Waals surface area contributed by atoms with Crippen LogP contribution in [0.1, 0.15) is 34.1 Å². The smallest absolute Gasteiger partial charge is 0.229 e. The second-order valence-electron chi connectivity index (χ2n) is 6.43. The summed E-state index contributed by atoms with van der Waals surface area (Å²) in [5.74, 6) is -0.228. The van der Waals surface area contributed by atoms with Crippen molar-refractivity contribution in [2.75, 3.05) is 11.4 Å². The van der Waals surface area contributed by atoms with Crippen LogP contribution in [0, 0.1) is 5.82 Å². The molecule has 4 heteroatoms. The fraction of sp³-hybridized carbons (Fsp3) is 0.533. The first kappa shape index (κ1) is 14.0. The molecular formula is C15H21FN2O. The van der Waals surface area contributed by atoms with Crippen LogP contribution in [0.15, 0.2) is 24.3 Å². The van der Waals surface area contributed by atoms with Crippen molar-refractivity contribution in [1.82, 2.24) is 5.32 Å². The van der Waals surface area contributed by atoms with E-state index in [1.807, 2.05) is 27.7 Å². The Morgan fingerprint density at radius 1 is 1.16 bits per heavy atom. The van der Waals surface area contributed by atoms with Crippen molar-refractivity contribution in [3.8, 4) is 0 Å². The molecule has 0 saturated carbocycles. The van der Waals surface area contributed by atoms with Gasteiger partial charge in [0.1, 0.15) is 5.82 Å². The summed E-state index contributed by atoms with van der Waals surface area (Å²) in [5, 5.41) is 3.42. The first-order chi connectivity index (χ1) is 8.71. The molecule has 2 rings (SSSR count). The average Bonchev–Trinajstić information content (AvgIpc) is 2.36. The summed E-state index contributed by atoms with van der Waals surface area (Å²) < 4.78 is 13.0. The van der Waals surface area contributed by atoms with E-state index in [1.54, 1.807) is 17.0 Å². The summed E-state index contributed by atoms with van der Waals surface area (Å²) in [4.78, 5) is 14.3. The van der Waals surface area contributed by atoms with Crippen LogP contribution >= 0.6 is 0 Å². The van der Waals surface area contributed by atoms with Gasteiger partial charge in [-0.2, -0.15) is 0 Å². The molecule has 1 amide bonds. The standard InChI is InChI=1S/C15H21FN2O/c1-14(2)9-13(19)18(15(3,4)10-17-14)12-7-5-11(16)6-8-12/h5-8,17H,9-10H2,1-4H3. The lowest BCUT2D eigenvalue weighted by Gasteiger charge is -2.37. The third-order valence-corrected chi connectivity index (χ3v) is 3.53. The second kappa shape index (κ2) is 4.60. The van der Waals surface area contributed by atoms with Crippen molar-refractivity contribution >= 4 is 11.6 Å². The molecular weight excluding hydrogens is 243 g/mol. The maximum absolute atomic E-state index is 13.0. The van der Waals surface area contributed by atoms with E-state index in [0.717, 1.165) is 5.69 Å². The van der Waals surface area contributed by atoms with Gasteiger partial charge in [-0.15, -0.1) is 0 Å². The number of halogens is 1. The minimum absolute atomic E-state index is 0.0617. The van der Waals surface area contributed by atoms with Gasteiger partial charge in [0.15, 0.2) is 0 Å². The monoisotopic (exact) mass is 264 g/mol. The van der Waals surface area contributed by atoms with E-state index < -0.39 is 0 Å². The molecule has 1 aliphatic heterocycles. The van der Waals surface area contributed by atoms with Crippen molar-refractivity contribution in [3.05, 3.63) is 30.1 Å². The van der Waals surface area contributed by atoms with Gasteiger partial charge in [0.25, 0.3) is 0 Å². The molecule has 0 unspecified atom stereocenters. The van der Waals surface area contributed by atoms with Gasteiger partial charge in [-0.25, -0.2) is 4.39 Å². The summed E-state index contributed by atoms with van der Waals surface area (Å²) in [7, 11) is 0. The summed E-state index contributed by atoms with van der Waals surface area (Å²) in [6.07, 6.45) is 0.424. The maximum Gasteiger partial charge on any atom is 0.229 e. The second-order valence-corrected chi connectivity index (χ2v) is 6.43. The van der Waals surface area contributed by atoms with Gasteiger partial charge in [0.05, 0.1) is 5.54 Å². The molecule has 19 heavy (non-hydrogen) atoms. The predicted molar refractivity (Wildman–Crippen MR) is 74.7 cm³/mol. The SMILES string of the molecule is CC1(C)CC(=O)N(c2ccc(F)cc2)C(C)(C)CN1. The lowest BCUT2D eigenvalue weighted by Crippen LogP contribution is -2.51. The Morgan fingerprint density at radius 2 is 1.74 bits per heavy atom. The molecule has 0 atom stereocenters. The molecule has 0 radical (unpaired) electrons. The summed E-state index contributed by atoms with van der Waals surface area (Å²) >= 11 is 0. The van der Waals surface area contributed by atoms with Gasteiger partial charge < -0.3 is 10.2 Å². The van der Waals surface area contributed by atoms with Crippen molar-refractivity contribution in [2.24, 2.45) is 0 Å². The Morgan fingerprint density at radius 3 is 2.32 bits per heavy atom. The Labute approximate surface area is 113 Å². The number of carbonyl (C=O) groups excluding carboxylic acids is 1. The molecule has 1 aliphatic rings. The summed E-state index contributed by atoms with van der Waals surface area (Å²) in [6, 6.07) is 6.10. The number of amides is 1. The highest BCUT2D eigenvalue weighted by Gasteiger charge is 2.39. The van der Waals surface area contributed by atoms with E-state index in [4.69, 9.17) is 0 Å². The van der Waals surface area contributed by atoms with Crippen LogP contribution in [0.3, 0.4) is 0 Å². The third kappa shape index (κ3) is 2.95. The summed E-state index contributed by atoms with van der Waals surface area (Å²) in [6.45, 7) is 8.78. The van der Waals surface area contributed by atoms with Gasteiger partial charge in [0, 0.05) is 24.2 Å². The van der Waals surface area contributed by atoms with Gasteiger partial charge in [-0.05, 0) is 52.0 Å². The van der Waals surface area contributed by atoms with Crippen LogP contribution < -0.4 is 10.2 Å². The van der Waals surface area contributed by atoms with Crippen LogP contribution in [0.2, 0.25) is 0 Å². The average molecular weight is 264 g/mol. The van der Waals surface area contributed by atoms with Crippen LogP contribution in [0.4, 0.5) is 10.1 Å². The molecule has 3 nitrogen and oxygen atoms in total. The number of benzene rings is 1. The van der Waals surface area contributed by atoms with E-state index in [0.29, 0.717) is 13.0 Å².